The summed E-state index contributed by atoms with van der Waals surface area (Å²) in [5, 5.41) is 12.1. The van der Waals surface area contributed by atoms with E-state index in [0.717, 1.165) is 36.4 Å². The molecular weight excluding hydrogens is 260 g/mol. The molecule has 1 fully saturated rings. The van der Waals surface area contributed by atoms with Crippen molar-refractivity contribution in [2.45, 2.75) is 65.3 Å². The van der Waals surface area contributed by atoms with Crippen molar-refractivity contribution < 1.29 is 0 Å². The van der Waals surface area contributed by atoms with Gasteiger partial charge in [0, 0.05) is 18.8 Å². The van der Waals surface area contributed by atoms with Crippen molar-refractivity contribution in [3.8, 4) is 0 Å². The average molecular weight is 292 g/mol. The van der Waals surface area contributed by atoms with Gasteiger partial charge in [-0.25, -0.2) is 0 Å². The number of hydrogen-bond acceptors (Lipinski definition) is 3. The summed E-state index contributed by atoms with van der Waals surface area (Å²) in [6.45, 7) is 10.2. The maximum Gasteiger partial charge on any atom is 0.0829 e. The van der Waals surface area contributed by atoms with Gasteiger partial charge in [0.05, 0.1) is 5.69 Å². The molecule has 1 heterocycles. The minimum absolute atomic E-state index is 0.207. The van der Waals surface area contributed by atoms with Gasteiger partial charge in [-0.15, -0.1) is 5.10 Å². The van der Waals surface area contributed by atoms with Crippen LogP contribution in [0.3, 0.4) is 0 Å². The molecule has 120 valence electrons. The van der Waals surface area contributed by atoms with Crippen LogP contribution >= 0.6 is 0 Å². The molecule has 3 unspecified atom stereocenters. The summed E-state index contributed by atoms with van der Waals surface area (Å²) < 4.78 is 1.82. The van der Waals surface area contributed by atoms with Crippen LogP contribution < -0.4 is 5.32 Å². The van der Waals surface area contributed by atoms with Crippen molar-refractivity contribution in [1.82, 2.24) is 20.3 Å². The Bertz CT molecular complexity index is 432. The number of nitrogens with one attached hydrogen (secondary N) is 1. The Hall–Kier alpha value is -0.900. The number of nitrogens with zero attached hydrogens (tertiary/aromatic N) is 3. The van der Waals surface area contributed by atoms with E-state index in [1.165, 1.54) is 25.7 Å². The van der Waals surface area contributed by atoms with Gasteiger partial charge in [-0.1, -0.05) is 25.0 Å². The number of rotatable bonds is 5. The smallest absolute Gasteiger partial charge is 0.0829 e. The Morgan fingerprint density at radius 3 is 2.62 bits per heavy atom. The van der Waals surface area contributed by atoms with Crippen molar-refractivity contribution in [1.29, 1.82) is 0 Å². The molecular formula is C17H32N4. The molecule has 1 aliphatic carbocycles. The zero-order chi connectivity index (χ0) is 15.5. The Balaban J connectivity index is 1.99. The molecule has 1 aliphatic rings. The number of aryl methyl sites for hydroxylation is 1. The third-order valence-electron chi connectivity index (χ3n) is 4.84. The zero-order valence-electron chi connectivity index (χ0n) is 14.4. The first kappa shape index (κ1) is 16.5. The van der Waals surface area contributed by atoms with E-state index in [1.807, 2.05) is 11.7 Å². The zero-order valence-corrected chi connectivity index (χ0v) is 14.4. The standard InChI is InChI=1S/C17H32N4/c1-6-13-7-8-14(11-18-17(2,3)4)15(9-13)10-16-12-21(5)20-19-16/h12-15,18H,6-11H2,1-5H3. The Morgan fingerprint density at radius 1 is 1.29 bits per heavy atom. The highest BCUT2D eigenvalue weighted by molar-refractivity contribution is 4.97. The minimum atomic E-state index is 0.207. The first-order chi connectivity index (χ1) is 9.87. The van der Waals surface area contributed by atoms with Crippen molar-refractivity contribution in [3.63, 3.8) is 0 Å². The third-order valence-corrected chi connectivity index (χ3v) is 4.84. The van der Waals surface area contributed by atoms with E-state index in [0.29, 0.717) is 0 Å². The van der Waals surface area contributed by atoms with E-state index in [2.05, 4.69) is 49.5 Å². The van der Waals surface area contributed by atoms with Crippen molar-refractivity contribution >= 4 is 0 Å². The van der Waals surface area contributed by atoms with E-state index < -0.39 is 0 Å². The largest absolute Gasteiger partial charge is 0.312 e. The summed E-state index contributed by atoms with van der Waals surface area (Å²) >= 11 is 0. The minimum Gasteiger partial charge on any atom is -0.312 e. The van der Waals surface area contributed by atoms with Gasteiger partial charge in [0.1, 0.15) is 0 Å². The highest BCUT2D eigenvalue weighted by atomic mass is 15.4. The van der Waals surface area contributed by atoms with Gasteiger partial charge in [-0.3, -0.25) is 4.68 Å². The van der Waals surface area contributed by atoms with Gasteiger partial charge in [-0.05, 0) is 64.3 Å². The Morgan fingerprint density at radius 2 is 2.05 bits per heavy atom. The second-order valence-corrected chi connectivity index (χ2v) is 7.83. The highest BCUT2D eigenvalue weighted by Gasteiger charge is 2.31. The number of aromatic nitrogens is 3. The topological polar surface area (TPSA) is 42.7 Å². The first-order valence-corrected chi connectivity index (χ1v) is 8.47. The summed E-state index contributed by atoms with van der Waals surface area (Å²) in [7, 11) is 1.95. The van der Waals surface area contributed by atoms with E-state index in [-0.39, 0.29) is 5.54 Å². The second kappa shape index (κ2) is 6.91. The van der Waals surface area contributed by atoms with Crippen LogP contribution in [-0.2, 0) is 13.5 Å². The molecule has 1 N–H and O–H groups in total. The van der Waals surface area contributed by atoms with Gasteiger partial charge < -0.3 is 5.32 Å². The van der Waals surface area contributed by atoms with Crippen molar-refractivity contribution in [2.24, 2.45) is 24.8 Å². The fourth-order valence-corrected chi connectivity index (χ4v) is 3.51. The third kappa shape index (κ3) is 5.10. The molecule has 0 amide bonds. The molecule has 21 heavy (non-hydrogen) atoms. The fourth-order valence-electron chi connectivity index (χ4n) is 3.51. The summed E-state index contributed by atoms with van der Waals surface area (Å²) in [6.07, 6.45) is 8.57. The maximum absolute atomic E-state index is 4.30. The molecule has 1 aromatic heterocycles. The lowest BCUT2D eigenvalue weighted by atomic mass is 9.71. The van der Waals surface area contributed by atoms with Crippen LogP contribution in [0.5, 0.6) is 0 Å². The SMILES string of the molecule is CCC1CCC(CNC(C)(C)C)C(Cc2cn(C)nn2)C1. The van der Waals surface area contributed by atoms with Crippen molar-refractivity contribution in [3.05, 3.63) is 11.9 Å². The van der Waals surface area contributed by atoms with Gasteiger partial charge >= 0.3 is 0 Å². The van der Waals surface area contributed by atoms with Crippen LogP contribution in [0.4, 0.5) is 0 Å². The molecule has 1 aromatic rings. The highest BCUT2D eigenvalue weighted by Crippen LogP contribution is 2.37. The van der Waals surface area contributed by atoms with Gasteiger partial charge in [0.2, 0.25) is 0 Å². The molecule has 4 nitrogen and oxygen atoms in total. The van der Waals surface area contributed by atoms with Crippen LogP contribution in [0, 0.1) is 17.8 Å². The van der Waals surface area contributed by atoms with Gasteiger partial charge in [0.15, 0.2) is 0 Å². The van der Waals surface area contributed by atoms with E-state index >= 15 is 0 Å². The lowest BCUT2D eigenvalue weighted by molar-refractivity contribution is 0.162. The molecule has 4 heteroatoms. The molecule has 0 aromatic carbocycles. The van der Waals surface area contributed by atoms with Crippen LogP contribution in [0.2, 0.25) is 0 Å². The molecule has 0 aliphatic heterocycles. The van der Waals surface area contributed by atoms with Crippen LogP contribution in [0.1, 0.15) is 59.1 Å². The monoisotopic (exact) mass is 292 g/mol. The molecule has 3 atom stereocenters. The summed E-state index contributed by atoms with van der Waals surface area (Å²) in [6, 6.07) is 0. The number of hydrogen-bond donors (Lipinski definition) is 1. The first-order valence-electron chi connectivity index (χ1n) is 8.47. The predicted octanol–water partition coefficient (Wildman–Crippen LogP) is 3.19. The normalized spacial score (nSPS) is 27.0. The van der Waals surface area contributed by atoms with Crippen molar-refractivity contribution in [2.75, 3.05) is 6.54 Å². The fraction of sp³-hybridized carbons (Fsp3) is 0.882. The van der Waals surface area contributed by atoms with Crippen LogP contribution in [0.25, 0.3) is 0 Å². The lowest BCUT2D eigenvalue weighted by Gasteiger charge is -2.37. The Kier molecular flexibility index (Phi) is 5.42. The molecule has 0 spiro atoms. The van der Waals surface area contributed by atoms with Crippen LogP contribution in [-0.4, -0.2) is 27.1 Å². The molecule has 1 saturated carbocycles. The predicted molar refractivity (Wildman–Crippen MR) is 87.1 cm³/mol. The van der Waals surface area contributed by atoms with Crippen LogP contribution in [0.15, 0.2) is 6.20 Å². The Labute approximate surface area is 129 Å². The molecule has 2 rings (SSSR count). The lowest BCUT2D eigenvalue weighted by Crippen LogP contribution is -2.42. The average Bonchev–Trinajstić information content (AvgIpc) is 2.81. The second-order valence-electron chi connectivity index (χ2n) is 7.83. The van der Waals surface area contributed by atoms with E-state index in [9.17, 15) is 0 Å². The molecule has 0 bridgehead atoms. The molecule has 0 radical (unpaired) electrons. The summed E-state index contributed by atoms with van der Waals surface area (Å²) in [5.74, 6) is 2.42. The van der Waals surface area contributed by atoms with Gasteiger partial charge in [-0.2, -0.15) is 0 Å². The van der Waals surface area contributed by atoms with E-state index in [4.69, 9.17) is 0 Å². The van der Waals surface area contributed by atoms with E-state index in [1.54, 1.807) is 0 Å². The summed E-state index contributed by atoms with van der Waals surface area (Å²) in [4.78, 5) is 0. The van der Waals surface area contributed by atoms with Gasteiger partial charge in [0.25, 0.3) is 0 Å². The molecule has 0 saturated heterocycles. The maximum atomic E-state index is 4.30. The quantitative estimate of drug-likeness (QED) is 0.906. The summed E-state index contributed by atoms with van der Waals surface area (Å²) in [5.41, 5.74) is 1.36.